The van der Waals surface area contributed by atoms with Gasteiger partial charge in [0.25, 0.3) is 5.91 Å². The van der Waals surface area contributed by atoms with E-state index in [0.29, 0.717) is 17.4 Å². The van der Waals surface area contributed by atoms with Gasteiger partial charge in [0.05, 0.1) is 17.8 Å². The Morgan fingerprint density at radius 1 is 1.30 bits per heavy atom. The molecule has 0 saturated carbocycles. The van der Waals surface area contributed by atoms with Crippen molar-refractivity contribution in [3.05, 3.63) is 53.3 Å². The average molecular weight is 366 g/mol. The van der Waals surface area contributed by atoms with E-state index in [0.717, 1.165) is 54.6 Å². The molecule has 1 saturated heterocycles. The molecule has 1 amide bonds. The maximum atomic E-state index is 12.7. The van der Waals surface area contributed by atoms with E-state index >= 15 is 0 Å². The summed E-state index contributed by atoms with van der Waals surface area (Å²) in [6, 6.07) is 5.60. The number of aromatic nitrogens is 3. The second-order valence-electron chi connectivity index (χ2n) is 6.70. The topological polar surface area (TPSA) is 90.1 Å². The summed E-state index contributed by atoms with van der Waals surface area (Å²) in [5.41, 5.74) is 3.18. The zero-order chi connectivity index (χ0) is 18.6. The summed E-state index contributed by atoms with van der Waals surface area (Å²) in [4.78, 5) is 21.5. The fourth-order valence-electron chi connectivity index (χ4n) is 3.42. The minimum Gasteiger partial charge on any atom is -0.381 e. The summed E-state index contributed by atoms with van der Waals surface area (Å²) in [7, 11) is 0. The first kappa shape index (κ1) is 17.6. The van der Waals surface area contributed by atoms with Crippen LogP contribution in [0.1, 0.15) is 53.2 Å². The molecule has 0 bridgehead atoms. The molecule has 7 heteroatoms. The van der Waals surface area contributed by atoms with Crippen molar-refractivity contribution in [2.75, 3.05) is 13.2 Å². The van der Waals surface area contributed by atoms with Crippen LogP contribution in [0.2, 0.25) is 0 Å². The summed E-state index contributed by atoms with van der Waals surface area (Å²) < 4.78 is 10.7. The number of pyridine rings is 2. The molecule has 0 spiro atoms. The number of nitrogens with zero attached hydrogens (tertiary/aromatic N) is 3. The maximum absolute atomic E-state index is 12.7. The molecule has 0 aromatic carbocycles. The van der Waals surface area contributed by atoms with E-state index in [1.807, 2.05) is 31.3 Å². The van der Waals surface area contributed by atoms with Crippen LogP contribution < -0.4 is 5.32 Å². The van der Waals surface area contributed by atoms with Gasteiger partial charge in [-0.15, -0.1) is 0 Å². The average Bonchev–Trinajstić information content (AvgIpc) is 3.20. The van der Waals surface area contributed by atoms with Crippen LogP contribution in [0.3, 0.4) is 0 Å². The predicted molar refractivity (Wildman–Crippen MR) is 99.4 cm³/mol. The summed E-state index contributed by atoms with van der Waals surface area (Å²) in [5.74, 6) is 0.757. The van der Waals surface area contributed by atoms with Crippen LogP contribution in [-0.4, -0.2) is 34.2 Å². The Kier molecular flexibility index (Phi) is 5.11. The second-order valence-corrected chi connectivity index (χ2v) is 6.70. The van der Waals surface area contributed by atoms with Gasteiger partial charge in [0.15, 0.2) is 5.76 Å². The van der Waals surface area contributed by atoms with Crippen LogP contribution in [0, 0.1) is 0 Å². The van der Waals surface area contributed by atoms with Crippen molar-refractivity contribution in [2.45, 2.75) is 38.6 Å². The van der Waals surface area contributed by atoms with Crippen molar-refractivity contribution in [3.8, 4) is 0 Å². The molecule has 1 N–H and O–H groups in total. The lowest BCUT2D eigenvalue weighted by Crippen LogP contribution is -2.24. The number of carbonyl (C=O) groups excluding carboxylic acids is 1. The van der Waals surface area contributed by atoms with Crippen LogP contribution >= 0.6 is 0 Å². The quantitative estimate of drug-likeness (QED) is 0.746. The Morgan fingerprint density at radius 3 is 2.93 bits per heavy atom. The molecular weight excluding hydrogens is 344 g/mol. The molecule has 0 radical (unpaired) electrons. The molecule has 27 heavy (non-hydrogen) atoms. The lowest BCUT2D eigenvalue weighted by Gasteiger charge is -2.23. The summed E-state index contributed by atoms with van der Waals surface area (Å²) in [5, 5.41) is 7.82. The summed E-state index contributed by atoms with van der Waals surface area (Å²) >= 11 is 0. The molecule has 1 aliphatic rings. The van der Waals surface area contributed by atoms with Gasteiger partial charge in [-0.2, -0.15) is 0 Å². The molecule has 3 aromatic heterocycles. The standard InChI is InChI=1S/C20H22N4O3/c1-2-14-9-15(27-24-14)11-22-20(25)19-10-16(13-4-7-26-8-5-13)17-12-21-6-3-18(17)23-19/h3,6,9-10,12-13H,2,4-5,7-8,11H2,1H3,(H,22,25). The molecule has 0 unspecified atom stereocenters. The van der Waals surface area contributed by atoms with Gasteiger partial charge in [-0.1, -0.05) is 12.1 Å². The number of amides is 1. The van der Waals surface area contributed by atoms with Crippen LogP contribution in [0.5, 0.6) is 0 Å². The Labute approximate surface area is 157 Å². The van der Waals surface area contributed by atoms with Crippen molar-refractivity contribution < 1.29 is 14.1 Å². The molecule has 0 aliphatic carbocycles. The molecule has 3 aromatic rings. The van der Waals surface area contributed by atoms with Crippen LogP contribution in [0.25, 0.3) is 10.9 Å². The molecule has 1 fully saturated rings. The minimum absolute atomic E-state index is 0.225. The minimum atomic E-state index is -0.225. The van der Waals surface area contributed by atoms with Crippen LogP contribution in [0.4, 0.5) is 0 Å². The zero-order valence-corrected chi connectivity index (χ0v) is 15.3. The molecule has 7 nitrogen and oxygen atoms in total. The SMILES string of the molecule is CCc1cc(CNC(=O)c2cc(C3CCOCC3)c3cnccc3n2)on1. The van der Waals surface area contributed by atoms with Gasteiger partial charge in [0.1, 0.15) is 5.69 Å². The number of ether oxygens (including phenoxy) is 1. The van der Waals surface area contributed by atoms with Gasteiger partial charge >= 0.3 is 0 Å². The van der Waals surface area contributed by atoms with E-state index in [9.17, 15) is 4.79 Å². The molecule has 1 aliphatic heterocycles. The fourth-order valence-corrected chi connectivity index (χ4v) is 3.42. The van der Waals surface area contributed by atoms with E-state index in [-0.39, 0.29) is 12.5 Å². The van der Waals surface area contributed by atoms with E-state index < -0.39 is 0 Å². The van der Waals surface area contributed by atoms with Gasteiger partial charge in [-0.3, -0.25) is 9.78 Å². The third-order valence-corrected chi connectivity index (χ3v) is 4.93. The van der Waals surface area contributed by atoms with Crippen molar-refractivity contribution in [3.63, 3.8) is 0 Å². The number of hydrogen-bond donors (Lipinski definition) is 1. The van der Waals surface area contributed by atoms with E-state index in [1.54, 1.807) is 6.20 Å². The Bertz CT molecular complexity index is 947. The van der Waals surface area contributed by atoms with E-state index in [4.69, 9.17) is 9.26 Å². The first-order valence-corrected chi connectivity index (χ1v) is 9.29. The number of rotatable bonds is 5. The van der Waals surface area contributed by atoms with Gasteiger partial charge in [-0.25, -0.2) is 4.98 Å². The van der Waals surface area contributed by atoms with Crippen molar-refractivity contribution in [2.24, 2.45) is 0 Å². The Balaban J connectivity index is 1.59. The van der Waals surface area contributed by atoms with E-state index in [2.05, 4.69) is 20.4 Å². The van der Waals surface area contributed by atoms with Crippen LogP contribution in [0.15, 0.2) is 35.1 Å². The van der Waals surface area contributed by atoms with Crippen molar-refractivity contribution >= 4 is 16.8 Å². The summed E-state index contributed by atoms with van der Waals surface area (Å²) in [6.07, 6.45) is 6.20. The van der Waals surface area contributed by atoms with Crippen molar-refractivity contribution in [1.29, 1.82) is 0 Å². The normalized spacial score (nSPS) is 15.1. The number of carbonyl (C=O) groups is 1. The van der Waals surface area contributed by atoms with Gasteiger partial charge < -0.3 is 14.6 Å². The first-order chi connectivity index (χ1) is 13.2. The first-order valence-electron chi connectivity index (χ1n) is 9.29. The lowest BCUT2D eigenvalue weighted by atomic mass is 9.89. The lowest BCUT2D eigenvalue weighted by molar-refractivity contribution is 0.0855. The maximum Gasteiger partial charge on any atom is 0.270 e. The number of aryl methyl sites for hydroxylation is 1. The summed E-state index contributed by atoms with van der Waals surface area (Å²) in [6.45, 7) is 3.77. The fraction of sp³-hybridized carbons (Fsp3) is 0.400. The van der Waals surface area contributed by atoms with Gasteiger partial charge in [0, 0.05) is 37.1 Å². The molecule has 4 rings (SSSR count). The highest BCUT2D eigenvalue weighted by Crippen LogP contribution is 2.32. The second kappa shape index (κ2) is 7.84. The van der Waals surface area contributed by atoms with Crippen molar-refractivity contribution in [1.82, 2.24) is 20.4 Å². The molecule has 4 heterocycles. The van der Waals surface area contributed by atoms with Gasteiger partial charge in [-0.05, 0) is 42.9 Å². The largest absolute Gasteiger partial charge is 0.381 e. The van der Waals surface area contributed by atoms with E-state index in [1.165, 1.54) is 0 Å². The van der Waals surface area contributed by atoms with Gasteiger partial charge in [0.2, 0.25) is 0 Å². The Morgan fingerprint density at radius 2 is 2.15 bits per heavy atom. The number of hydrogen-bond acceptors (Lipinski definition) is 6. The Hall–Kier alpha value is -2.80. The number of fused-ring (bicyclic) bond motifs is 1. The zero-order valence-electron chi connectivity index (χ0n) is 15.3. The smallest absolute Gasteiger partial charge is 0.270 e. The molecular formula is C20H22N4O3. The highest BCUT2D eigenvalue weighted by molar-refractivity contribution is 5.95. The predicted octanol–water partition coefficient (Wildman–Crippen LogP) is 3.00. The molecule has 140 valence electrons. The number of nitrogens with one attached hydrogen (secondary N) is 1. The molecule has 0 atom stereocenters. The highest BCUT2D eigenvalue weighted by atomic mass is 16.5. The third kappa shape index (κ3) is 3.83. The third-order valence-electron chi connectivity index (χ3n) is 4.93. The van der Waals surface area contributed by atoms with Crippen LogP contribution in [-0.2, 0) is 17.7 Å². The highest BCUT2D eigenvalue weighted by Gasteiger charge is 2.21. The monoisotopic (exact) mass is 366 g/mol.